The fourth-order valence-electron chi connectivity index (χ4n) is 2.20. The Balaban J connectivity index is 1.73. The number of nitriles is 1. The van der Waals surface area contributed by atoms with Crippen LogP contribution in [0.4, 0.5) is 17.3 Å². The maximum atomic E-state index is 12.4. The molecular formula is C19H15N5O2. The van der Waals surface area contributed by atoms with E-state index in [9.17, 15) is 4.79 Å². The smallest absolute Gasteiger partial charge is 0.274 e. The van der Waals surface area contributed by atoms with Crippen LogP contribution in [0.5, 0.6) is 5.75 Å². The molecule has 1 amide bonds. The summed E-state index contributed by atoms with van der Waals surface area (Å²) in [6.07, 6.45) is 1.50. The lowest BCUT2D eigenvalue weighted by molar-refractivity contribution is 0.102. The van der Waals surface area contributed by atoms with Gasteiger partial charge in [0.1, 0.15) is 11.4 Å². The van der Waals surface area contributed by atoms with Crippen molar-refractivity contribution in [3.05, 3.63) is 72.1 Å². The Morgan fingerprint density at radius 1 is 1.12 bits per heavy atom. The Hall–Kier alpha value is -3.92. The van der Waals surface area contributed by atoms with Crippen molar-refractivity contribution >= 4 is 23.2 Å². The lowest BCUT2D eigenvalue weighted by atomic mass is 10.2. The zero-order valence-corrected chi connectivity index (χ0v) is 13.9. The Labute approximate surface area is 150 Å². The summed E-state index contributed by atoms with van der Waals surface area (Å²) in [4.78, 5) is 20.7. The van der Waals surface area contributed by atoms with Gasteiger partial charge in [-0.2, -0.15) is 5.26 Å². The molecule has 26 heavy (non-hydrogen) atoms. The van der Waals surface area contributed by atoms with Gasteiger partial charge in [-0.15, -0.1) is 0 Å². The Morgan fingerprint density at radius 2 is 1.92 bits per heavy atom. The first-order valence-electron chi connectivity index (χ1n) is 7.73. The molecule has 0 radical (unpaired) electrons. The normalized spacial score (nSPS) is 9.85. The highest BCUT2D eigenvalue weighted by molar-refractivity contribution is 6.03. The predicted molar refractivity (Wildman–Crippen MR) is 97.4 cm³/mol. The fourth-order valence-corrected chi connectivity index (χ4v) is 2.20. The van der Waals surface area contributed by atoms with Crippen molar-refractivity contribution < 1.29 is 9.53 Å². The van der Waals surface area contributed by atoms with E-state index >= 15 is 0 Å². The zero-order chi connectivity index (χ0) is 18.4. The van der Waals surface area contributed by atoms with Gasteiger partial charge >= 0.3 is 0 Å². The van der Waals surface area contributed by atoms with E-state index in [-0.39, 0.29) is 11.6 Å². The van der Waals surface area contributed by atoms with Crippen LogP contribution in [0.25, 0.3) is 0 Å². The van der Waals surface area contributed by atoms with Crippen molar-refractivity contribution in [3.63, 3.8) is 0 Å². The molecule has 0 saturated heterocycles. The van der Waals surface area contributed by atoms with E-state index in [1.807, 2.05) is 24.3 Å². The molecule has 3 rings (SSSR count). The summed E-state index contributed by atoms with van der Waals surface area (Å²) >= 11 is 0. The summed E-state index contributed by atoms with van der Waals surface area (Å²) < 4.78 is 5.17. The highest BCUT2D eigenvalue weighted by atomic mass is 16.5. The number of aromatic nitrogens is 2. The van der Waals surface area contributed by atoms with E-state index in [2.05, 4.69) is 20.6 Å². The second-order valence-corrected chi connectivity index (χ2v) is 5.27. The standard InChI is InChI=1S/C19H15N5O2/c1-26-16-4-2-3-15(11-16)23-19-21-10-9-17(24-19)18(25)22-14-7-5-13(12-20)6-8-14/h2-11H,1H3,(H,22,25)(H,21,23,24). The number of amides is 1. The van der Waals surface area contributed by atoms with Crippen LogP contribution in [0.3, 0.4) is 0 Å². The number of hydrogen-bond donors (Lipinski definition) is 2. The van der Waals surface area contributed by atoms with Crippen LogP contribution < -0.4 is 15.4 Å². The summed E-state index contributed by atoms with van der Waals surface area (Å²) in [7, 11) is 1.59. The summed E-state index contributed by atoms with van der Waals surface area (Å²) in [5.41, 5.74) is 2.06. The van der Waals surface area contributed by atoms with Gasteiger partial charge in [-0.05, 0) is 42.5 Å². The molecule has 128 valence electrons. The molecule has 0 aliphatic heterocycles. The maximum Gasteiger partial charge on any atom is 0.274 e. The molecule has 0 atom stereocenters. The lowest BCUT2D eigenvalue weighted by Crippen LogP contribution is -2.14. The van der Waals surface area contributed by atoms with Gasteiger partial charge in [0.25, 0.3) is 5.91 Å². The van der Waals surface area contributed by atoms with Crippen molar-refractivity contribution in [1.82, 2.24) is 9.97 Å². The average molecular weight is 345 g/mol. The number of anilines is 3. The molecular weight excluding hydrogens is 330 g/mol. The number of nitrogens with one attached hydrogen (secondary N) is 2. The molecule has 0 spiro atoms. The molecule has 2 aromatic carbocycles. The van der Waals surface area contributed by atoms with Crippen LogP contribution in [0, 0.1) is 11.3 Å². The van der Waals surface area contributed by atoms with Gasteiger partial charge in [-0.25, -0.2) is 9.97 Å². The van der Waals surface area contributed by atoms with Crippen LogP contribution in [0.1, 0.15) is 16.1 Å². The SMILES string of the molecule is COc1cccc(Nc2nccc(C(=O)Nc3ccc(C#N)cc3)n2)c1. The first kappa shape index (κ1) is 16.9. The Morgan fingerprint density at radius 3 is 2.65 bits per heavy atom. The molecule has 0 saturated carbocycles. The van der Waals surface area contributed by atoms with E-state index in [0.717, 1.165) is 5.69 Å². The number of carbonyl (C=O) groups is 1. The highest BCUT2D eigenvalue weighted by Gasteiger charge is 2.10. The van der Waals surface area contributed by atoms with E-state index in [0.29, 0.717) is 22.9 Å². The van der Waals surface area contributed by atoms with Crippen molar-refractivity contribution in [2.45, 2.75) is 0 Å². The maximum absolute atomic E-state index is 12.4. The third kappa shape index (κ3) is 4.13. The lowest BCUT2D eigenvalue weighted by Gasteiger charge is -2.08. The number of hydrogen-bond acceptors (Lipinski definition) is 6. The second-order valence-electron chi connectivity index (χ2n) is 5.27. The number of ether oxygens (including phenoxy) is 1. The van der Waals surface area contributed by atoms with Gasteiger partial charge in [0.05, 0.1) is 18.7 Å². The van der Waals surface area contributed by atoms with E-state index in [1.165, 1.54) is 12.3 Å². The Bertz CT molecular complexity index is 964. The minimum atomic E-state index is -0.370. The topological polar surface area (TPSA) is 99.9 Å². The molecule has 1 aromatic heterocycles. The van der Waals surface area contributed by atoms with Crippen LogP contribution in [-0.2, 0) is 0 Å². The van der Waals surface area contributed by atoms with Crippen LogP contribution >= 0.6 is 0 Å². The van der Waals surface area contributed by atoms with E-state index in [4.69, 9.17) is 10.00 Å². The quantitative estimate of drug-likeness (QED) is 0.735. The van der Waals surface area contributed by atoms with Gasteiger partial charge in [-0.1, -0.05) is 6.07 Å². The van der Waals surface area contributed by atoms with Crippen LogP contribution in [-0.4, -0.2) is 23.0 Å². The van der Waals surface area contributed by atoms with Crippen molar-refractivity contribution in [2.75, 3.05) is 17.7 Å². The van der Waals surface area contributed by atoms with Gasteiger partial charge in [-0.3, -0.25) is 4.79 Å². The molecule has 0 aliphatic carbocycles. The van der Waals surface area contributed by atoms with Crippen molar-refractivity contribution in [3.8, 4) is 11.8 Å². The molecule has 0 aliphatic rings. The first-order valence-corrected chi connectivity index (χ1v) is 7.73. The summed E-state index contributed by atoms with van der Waals surface area (Å²) in [6.45, 7) is 0. The Kier molecular flexibility index (Phi) is 5.05. The number of carbonyl (C=O) groups excluding carboxylic acids is 1. The van der Waals surface area contributed by atoms with E-state index < -0.39 is 0 Å². The van der Waals surface area contributed by atoms with Crippen LogP contribution in [0.15, 0.2) is 60.8 Å². The molecule has 0 unspecified atom stereocenters. The molecule has 1 heterocycles. The first-order chi connectivity index (χ1) is 12.7. The third-order valence-electron chi connectivity index (χ3n) is 3.49. The number of rotatable bonds is 5. The summed E-state index contributed by atoms with van der Waals surface area (Å²) in [5.74, 6) is 0.626. The largest absolute Gasteiger partial charge is 0.497 e. The van der Waals surface area contributed by atoms with Crippen molar-refractivity contribution in [2.24, 2.45) is 0 Å². The molecule has 7 heteroatoms. The van der Waals surface area contributed by atoms with Gasteiger partial charge in [0.15, 0.2) is 0 Å². The minimum Gasteiger partial charge on any atom is -0.497 e. The average Bonchev–Trinajstić information content (AvgIpc) is 2.69. The highest BCUT2D eigenvalue weighted by Crippen LogP contribution is 2.19. The molecule has 0 fully saturated rings. The van der Waals surface area contributed by atoms with E-state index in [1.54, 1.807) is 37.4 Å². The zero-order valence-electron chi connectivity index (χ0n) is 13.9. The van der Waals surface area contributed by atoms with Crippen molar-refractivity contribution in [1.29, 1.82) is 5.26 Å². The van der Waals surface area contributed by atoms with Gasteiger partial charge < -0.3 is 15.4 Å². The predicted octanol–water partition coefficient (Wildman–Crippen LogP) is 3.35. The molecule has 2 N–H and O–H groups in total. The molecule has 3 aromatic rings. The van der Waals surface area contributed by atoms with Gasteiger partial charge in [0, 0.05) is 23.6 Å². The monoisotopic (exact) mass is 345 g/mol. The third-order valence-corrected chi connectivity index (χ3v) is 3.49. The number of nitrogens with zero attached hydrogens (tertiary/aromatic N) is 3. The molecule has 7 nitrogen and oxygen atoms in total. The number of methoxy groups -OCH3 is 1. The van der Waals surface area contributed by atoms with Crippen LogP contribution in [0.2, 0.25) is 0 Å². The molecule has 0 bridgehead atoms. The minimum absolute atomic E-state index is 0.217. The summed E-state index contributed by atoms with van der Waals surface area (Å²) in [6, 6.07) is 17.4. The fraction of sp³-hybridized carbons (Fsp3) is 0.0526. The van der Waals surface area contributed by atoms with Gasteiger partial charge in [0.2, 0.25) is 5.95 Å². The summed E-state index contributed by atoms with van der Waals surface area (Å²) in [5, 5.41) is 14.6. The number of benzene rings is 2. The second kappa shape index (κ2) is 7.77.